The molecule has 6 nitrogen and oxygen atoms in total. The first kappa shape index (κ1) is 24.8. The van der Waals surface area contributed by atoms with Gasteiger partial charge in [0.15, 0.2) is 28.8 Å². The number of methoxy groups -OCH3 is 1. The largest absolute Gasteiger partial charge is 0.504 e. The van der Waals surface area contributed by atoms with E-state index < -0.39 is 16.2 Å². The highest BCUT2D eigenvalue weighted by Crippen LogP contribution is 2.43. The molecule has 1 aromatic rings. The van der Waals surface area contributed by atoms with Gasteiger partial charge in [-0.3, -0.25) is 14.4 Å². The van der Waals surface area contributed by atoms with Crippen LogP contribution in [-0.4, -0.2) is 29.6 Å². The average Bonchev–Trinajstić information content (AvgIpc) is 2.73. The van der Waals surface area contributed by atoms with Crippen molar-refractivity contribution >= 4 is 23.4 Å². The summed E-state index contributed by atoms with van der Waals surface area (Å²) in [6, 6.07) is 6.62. The first-order chi connectivity index (χ1) is 14.8. The number of carbonyl (C=O) groups excluding carboxylic acids is 3. The molecule has 2 rings (SSSR count). The number of rotatable bonds is 7. The molecule has 0 spiro atoms. The van der Waals surface area contributed by atoms with E-state index in [4.69, 9.17) is 4.74 Å². The highest BCUT2D eigenvalue weighted by molar-refractivity contribution is 6.15. The Balaban J connectivity index is 2.22. The fourth-order valence-corrected chi connectivity index (χ4v) is 3.81. The van der Waals surface area contributed by atoms with Gasteiger partial charge in [0.05, 0.1) is 18.1 Å². The van der Waals surface area contributed by atoms with E-state index in [1.165, 1.54) is 25.3 Å². The number of hydrogen-bond donors (Lipinski definition) is 1. The Morgan fingerprint density at radius 3 is 2.41 bits per heavy atom. The minimum atomic E-state index is -1.30. The molecular weight excluding hydrogens is 406 g/mol. The Kier molecular flexibility index (Phi) is 6.94. The van der Waals surface area contributed by atoms with Gasteiger partial charge in [-0.05, 0) is 50.1 Å². The molecule has 32 heavy (non-hydrogen) atoms. The maximum atomic E-state index is 12.9. The van der Waals surface area contributed by atoms with Crippen molar-refractivity contribution in [3.8, 4) is 17.6 Å². The third kappa shape index (κ3) is 5.23. The molecule has 0 heterocycles. The van der Waals surface area contributed by atoms with Crippen LogP contribution in [0, 0.1) is 27.6 Å². The molecule has 0 fully saturated rings. The second-order valence-corrected chi connectivity index (χ2v) is 9.52. The minimum Gasteiger partial charge on any atom is -0.504 e. The summed E-state index contributed by atoms with van der Waals surface area (Å²) in [7, 11) is 1.43. The van der Waals surface area contributed by atoms with Crippen molar-refractivity contribution in [1.29, 1.82) is 5.26 Å². The first-order valence-electron chi connectivity index (χ1n) is 10.3. The summed E-state index contributed by atoms with van der Waals surface area (Å²) in [5.74, 6) is -0.685. The van der Waals surface area contributed by atoms with Gasteiger partial charge >= 0.3 is 0 Å². The standard InChI is InChI=1S/C26H29NO5/c1-24(2)16-26(5,14-18(15-27)23(24)31)12-11-22(30)25(3,4)21(29)10-8-17-7-9-19(28)20(13-17)32-6/h7-14,28H,16H2,1-6H3. The van der Waals surface area contributed by atoms with E-state index in [1.54, 1.807) is 58.1 Å². The number of phenols is 1. The van der Waals surface area contributed by atoms with Crippen LogP contribution in [0.5, 0.6) is 11.5 Å². The number of nitrogens with zero attached hydrogens (tertiary/aromatic N) is 1. The topological polar surface area (TPSA) is 104 Å². The summed E-state index contributed by atoms with van der Waals surface area (Å²) in [6.45, 7) is 8.53. The number of hydrogen-bond acceptors (Lipinski definition) is 6. The molecule has 1 aromatic carbocycles. The van der Waals surface area contributed by atoms with Crippen LogP contribution >= 0.6 is 0 Å². The quantitative estimate of drug-likeness (QED) is 0.496. The highest BCUT2D eigenvalue weighted by Gasteiger charge is 2.42. The minimum absolute atomic E-state index is 0.00804. The summed E-state index contributed by atoms with van der Waals surface area (Å²) in [4.78, 5) is 38.0. The maximum Gasteiger partial charge on any atom is 0.178 e. The zero-order chi connectivity index (χ0) is 24.3. The first-order valence-corrected chi connectivity index (χ1v) is 10.3. The molecule has 0 aliphatic heterocycles. The number of ether oxygens (including phenoxy) is 1. The molecule has 0 saturated heterocycles. The van der Waals surface area contributed by atoms with E-state index in [9.17, 15) is 24.8 Å². The molecule has 1 N–H and O–H groups in total. The Labute approximate surface area is 188 Å². The van der Waals surface area contributed by atoms with Crippen LogP contribution in [0.3, 0.4) is 0 Å². The van der Waals surface area contributed by atoms with Crippen LogP contribution < -0.4 is 4.74 Å². The van der Waals surface area contributed by atoms with Crippen molar-refractivity contribution in [2.24, 2.45) is 16.2 Å². The fraction of sp³-hybridized carbons (Fsp3) is 0.385. The second-order valence-electron chi connectivity index (χ2n) is 9.52. The van der Waals surface area contributed by atoms with Gasteiger partial charge in [-0.25, -0.2) is 0 Å². The number of ketones is 3. The summed E-state index contributed by atoms with van der Waals surface area (Å²) in [6.07, 6.45) is 7.97. The molecule has 0 aromatic heterocycles. The lowest BCUT2D eigenvalue weighted by Crippen LogP contribution is -2.36. The smallest absolute Gasteiger partial charge is 0.178 e. The van der Waals surface area contributed by atoms with Gasteiger partial charge in [0, 0.05) is 10.8 Å². The lowest BCUT2D eigenvalue weighted by Gasteiger charge is -2.37. The van der Waals surface area contributed by atoms with Crippen molar-refractivity contribution in [2.45, 2.75) is 41.0 Å². The van der Waals surface area contributed by atoms with Crippen LogP contribution in [-0.2, 0) is 14.4 Å². The molecule has 1 aliphatic carbocycles. The van der Waals surface area contributed by atoms with Gasteiger partial charge < -0.3 is 9.84 Å². The van der Waals surface area contributed by atoms with Gasteiger partial charge in [0.25, 0.3) is 0 Å². The molecular formula is C26H29NO5. The van der Waals surface area contributed by atoms with Crippen LogP contribution in [0.15, 0.2) is 48.1 Å². The summed E-state index contributed by atoms with van der Waals surface area (Å²) in [5, 5.41) is 19.0. The summed E-state index contributed by atoms with van der Waals surface area (Å²) in [5.41, 5.74) is -1.95. The SMILES string of the molecule is COc1cc(C=CC(=O)C(C)(C)C(=O)C=CC2(C)C=C(C#N)C(=O)C(C)(C)C2)ccc1O. The van der Waals surface area contributed by atoms with Gasteiger partial charge in [-0.1, -0.05) is 45.1 Å². The number of carbonyl (C=O) groups is 3. The lowest BCUT2D eigenvalue weighted by molar-refractivity contribution is -0.133. The van der Waals surface area contributed by atoms with Crippen molar-refractivity contribution in [1.82, 2.24) is 0 Å². The summed E-state index contributed by atoms with van der Waals surface area (Å²) < 4.78 is 5.06. The molecule has 1 atom stereocenters. The van der Waals surface area contributed by atoms with Crippen molar-refractivity contribution in [2.75, 3.05) is 7.11 Å². The Morgan fingerprint density at radius 2 is 1.81 bits per heavy atom. The number of Topliss-reactive ketones (excluding diaryl/α,β-unsaturated/α-hetero) is 1. The zero-order valence-corrected chi connectivity index (χ0v) is 19.4. The van der Waals surface area contributed by atoms with Gasteiger partial charge in [0.1, 0.15) is 6.07 Å². The highest BCUT2D eigenvalue weighted by atomic mass is 16.5. The molecule has 0 amide bonds. The fourth-order valence-electron chi connectivity index (χ4n) is 3.81. The molecule has 168 valence electrons. The second kappa shape index (κ2) is 8.96. The number of nitriles is 1. The van der Waals surface area contributed by atoms with Gasteiger partial charge in [0.2, 0.25) is 0 Å². The van der Waals surface area contributed by atoms with E-state index in [0.29, 0.717) is 12.0 Å². The van der Waals surface area contributed by atoms with E-state index in [0.717, 1.165) is 0 Å². The predicted molar refractivity (Wildman–Crippen MR) is 122 cm³/mol. The van der Waals surface area contributed by atoms with E-state index in [-0.39, 0.29) is 34.4 Å². The number of allylic oxidation sites excluding steroid dienone is 5. The Hall–Kier alpha value is -3.46. The molecule has 0 saturated carbocycles. The molecule has 1 aliphatic rings. The monoisotopic (exact) mass is 435 g/mol. The van der Waals surface area contributed by atoms with Crippen molar-refractivity contribution in [3.63, 3.8) is 0 Å². The molecule has 0 bridgehead atoms. The molecule has 0 radical (unpaired) electrons. The molecule has 1 unspecified atom stereocenters. The maximum absolute atomic E-state index is 12.9. The van der Waals surface area contributed by atoms with Gasteiger partial charge in [-0.2, -0.15) is 5.26 Å². The van der Waals surface area contributed by atoms with Gasteiger partial charge in [-0.15, -0.1) is 0 Å². The van der Waals surface area contributed by atoms with Crippen molar-refractivity contribution < 1.29 is 24.2 Å². The molecule has 6 heteroatoms. The number of benzene rings is 1. The normalized spacial score (nSPS) is 20.8. The van der Waals surface area contributed by atoms with Crippen LogP contribution in [0.4, 0.5) is 0 Å². The third-order valence-electron chi connectivity index (χ3n) is 5.76. The summed E-state index contributed by atoms with van der Waals surface area (Å²) >= 11 is 0. The lowest BCUT2D eigenvalue weighted by atomic mass is 9.65. The number of aromatic hydroxyl groups is 1. The van der Waals surface area contributed by atoms with Crippen molar-refractivity contribution in [3.05, 3.63) is 53.6 Å². The Bertz CT molecular complexity index is 1080. The van der Waals surface area contributed by atoms with Crippen LogP contribution in [0.25, 0.3) is 6.08 Å². The number of phenolic OH excluding ortho intramolecular Hbond substituents is 1. The Morgan fingerprint density at radius 1 is 1.19 bits per heavy atom. The predicted octanol–water partition coefficient (Wildman–Crippen LogP) is 4.59. The van der Waals surface area contributed by atoms with E-state index in [2.05, 4.69) is 0 Å². The zero-order valence-electron chi connectivity index (χ0n) is 19.4. The van der Waals surface area contributed by atoms with Crippen LogP contribution in [0.2, 0.25) is 0 Å². The third-order valence-corrected chi connectivity index (χ3v) is 5.76. The van der Waals surface area contributed by atoms with E-state index >= 15 is 0 Å². The van der Waals surface area contributed by atoms with Crippen LogP contribution in [0.1, 0.15) is 46.6 Å². The average molecular weight is 436 g/mol. The van der Waals surface area contributed by atoms with E-state index in [1.807, 2.05) is 13.0 Å².